The fourth-order valence-electron chi connectivity index (χ4n) is 1.57. The Hall–Kier alpha value is -0.300. The maximum Gasteiger partial charge on any atom is 0.191 e. The molecule has 0 spiro atoms. The van der Waals surface area contributed by atoms with E-state index in [1.807, 2.05) is 0 Å². The molecule has 5 heteroatoms. The van der Waals surface area contributed by atoms with E-state index in [1.54, 1.807) is 7.05 Å². The molecule has 108 valence electrons. The standard InChI is InChI=1S/C14H22BrN3.HI/c1-10-8-12(15)7-6-11(10)9-17-13(16-5)18-14(2,3)4;/h6-8H,9H2,1-5H3,(H2,16,17,18);1H. The van der Waals surface area contributed by atoms with Crippen LogP contribution in [0.15, 0.2) is 27.7 Å². The Morgan fingerprint density at radius 1 is 1.32 bits per heavy atom. The minimum absolute atomic E-state index is 0. The highest BCUT2D eigenvalue weighted by atomic mass is 127. The van der Waals surface area contributed by atoms with Gasteiger partial charge in [0.25, 0.3) is 0 Å². The first-order chi connectivity index (χ1) is 8.31. The molecule has 0 atom stereocenters. The molecule has 1 aromatic rings. The van der Waals surface area contributed by atoms with Crippen LogP contribution in [0.25, 0.3) is 0 Å². The number of nitrogens with one attached hydrogen (secondary N) is 2. The van der Waals surface area contributed by atoms with Crippen LogP contribution in [-0.4, -0.2) is 18.5 Å². The molecule has 0 heterocycles. The molecule has 0 aromatic heterocycles. The number of hydrogen-bond acceptors (Lipinski definition) is 1. The Morgan fingerprint density at radius 2 is 1.95 bits per heavy atom. The van der Waals surface area contributed by atoms with Crippen molar-refractivity contribution in [2.45, 2.75) is 39.8 Å². The van der Waals surface area contributed by atoms with Crippen molar-refractivity contribution in [2.24, 2.45) is 4.99 Å². The number of aliphatic imine (C=N–C) groups is 1. The van der Waals surface area contributed by atoms with Gasteiger partial charge in [-0.25, -0.2) is 0 Å². The van der Waals surface area contributed by atoms with Gasteiger partial charge in [-0.15, -0.1) is 24.0 Å². The number of hydrogen-bond donors (Lipinski definition) is 2. The minimum Gasteiger partial charge on any atom is -0.352 e. The van der Waals surface area contributed by atoms with Gasteiger partial charge in [0, 0.05) is 23.6 Å². The highest BCUT2D eigenvalue weighted by Gasteiger charge is 2.11. The molecule has 0 aliphatic rings. The first-order valence-corrected chi connectivity index (χ1v) is 6.85. The first kappa shape index (κ1) is 18.7. The Bertz CT molecular complexity index is 439. The number of halogens is 2. The van der Waals surface area contributed by atoms with Gasteiger partial charge in [-0.2, -0.15) is 0 Å². The molecule has 0 bridgehead atoms. The molecule has 0 amide bonds. The first-order valence-electron chi connectivity index (χ1n) is 6.05. The lowest BCUT2D eigenvalue weighted by Crippen LogP contribution is -2.47. The lowest BCUT2D eigenvalue weighted by Gasteiger charge is -2.24. The van der Waals surface area contributed by atoms with Gasteiger partial charge >= 0.3 is 0 Å². The van der Waals surface area contributed by atoms with Crippen LogP contribution in [0.3, 0.4) is 0 Å². The number of aryl methyl sites for hydroxylation is 1. The fourth-order valence-corrected chi connectivity index (χ4v) is 2.05. The molecule has 1 aromatic carbocycles. The second kappa shape index (κ2) is 8.09. The van der Waals surface area contributed by atoms with Crippen molar-refractivity contribution in [1.82, 2.24) is 10.6 Å². The van der Waals surface area contributed by atoms with Crippen molar-refractivity contribution in [3.05, 3.63) is 33.8 Å². The molecule has 0 radical (unpaired) electrons. The molecular weight excluding hydrogens is 417 g/mol. The van der Waals surface area contributed by atoms with Crippen LogP contribution in [0.2, 0.25) is 0 Å². The Labute approximate surface area is 141 Å². The van der Waals surface area contributed by atoms with E-state index in [2.05, 4.69) is 77.4 Å². The summed E-state index contributed by atoms with van der Waals surface area (Å²) < 4.78 is 1.11. The third-order valence-electron chi connectivity index (χ3n) is 2.47. The predicted octanol–water partition coefficient (Wildman–Crippen LogP) is 3.84. The van der Waals surface area contributed by atoms with Crippen LogP contribution in [0.1, 0.15) is 31.9 Å². The smallest absolute Gasteiger partial charge is 0.191 e. The molecule has 0 aliphatic heterocycles. The molecular formula is C14H23BrIN3. The van der Waals surface area contributed by atoms with E-state index in [0.717, 1.165) is 17.0 Å². The van der Waals surface area contributed by atoms with Gasteiger partial charge in [0.2, 0.25) is 0 Å². The van der Waals surface area contributed by atoms with Crippen molar-refractivity contribution in [3.8, 4) is 0 Å². The highest BCUT2D eigenvalue weighted by molar-refractivity contribution is 14.0. The summed E-state index contributed by atoms with van der Waals surface area (Å²) in [4.78, 5) is 4.22. The van der Waals surface area contributed by atoms with E-state index in [-0.39, 0.29) is 29.5 Å². The molecule has 0 saturated heterocycles. The summed E-state index contributed by atoms with van der Waals surface area (Å²) in [5.74, 6) is 0.824. The van der Waals surface area contributed by atoms with Crippen molar-refractivity contribution in [3.63, 3.8) is 0 Å². The highest BCUT2D eigenvalue weighted by Crippen LogP contribution is 2.15. The Kier molecular flexibility index (Phi) is 7.96. The van der Waals surface area contributed by atoms with Crippen molar-refractivity contribution < 1.29 is 0 Å². The van der Waals surface area contributed by atoms with E-state index < -0.39 is 0 Å². The van der Waals surface area contributed by atoms with E-state index in [9.17, 15) is 0 Å². The maximum absolute atomic E-state index is 4.22. The SMILES string of the molecule is CN=C(NCc1ccc(Br)cc1C)NC(C)(C)C.I. The third kappa shape index (κ3) is 7.15. The zero-order valence-corrected chi connectivity index (χ0v) is 16.1. The van der Waals surface area contributed by atoms with Crippen LogP contribution < -0.4 is 10.6 Å². The van der Waals surface area contributed by atoms with E-state index in [4.69, 9.17) is 0 Å². The molecule has 0 fully saturated rings. The van der Waals surface area contributed by atoms with E-state index in [0.29, 0.717) is 0 Å². The Balaban J connectivity index is 0.00000324. The summed E-state index contributed by atoms with van der Waals surface area (Å²) in [6.07, 6.45) is 0. The zero-order chi connectivity index (χ0) is 13.8. The zero-order valence-electron chi connectivity index (χ0n) is 12.2. The second-order valence-corrected chi connectivity index (χ2v) is 6.29. The lowest BCUT2D eigenvalue weighted by atomic mass is 10.1. The van der Waals surface area contributed by atoms with Crippen LogP contribution in [0.4, 0.5) is 0 Å². The summed E-state index contributed by atoms with van der Waals surface area (Å²) in [7, 11) is 1.79. The maximum atomic E-state index is 4.22. The van der Waals surface area contributed by atoms with Crippen molar-refractivity contribution in [2.75, 3.05) is 7.05 Å². The number of rotatable bonds is 2. The predicted molar refractivity (Wildman–Crippen MR) is 97.4 cm³/mol. The number of benzene rings is 1. The summed E-state index contributed by atoms with van der Waals surface area (Å²) in [6.45, 7) is 9.23. The lowest BCUT2D eigenvalue weighted by molar-refractivity contribution is 0.501. The van der Waals surface area contributed by atoms with Crippen LogP contribution in [0.5, 0.6) is 0 Å². The van der Waals surface area contributed by atoms with Gasteiger partial charge in [-0.3, -0.25) is 4.99 Å². The molecule has 19 heavy (non-hydrogen) atoms. The summed E-state index contributed by atoms with van der Waals surface area (Å²) >= 11 is 3.47. The topological polar surface area (TPSA) is 36.4 Å². The number of nitrogens with zero attached hydrogens (tertiary/aromatic N) is 1. The molecule has 2 N–H and O–H groups in total. The monoisotopic (exact) mass is 439 g/mol. The average Bonchev–Trinajstić information content (AvgIpc) is 2.24. The molecule has 1 rings (SSSR count). The second-order valence-electron chi connectivity index (χ2n) is 5.37. The summed E-state index contributed by atoms with van der Waals surface area (Å²) in [5.41, 5.74) is 2.55. The normalized spacial score (nSPS) is 11.8. The quantitative estimate of drug-likeness (QED) is 0.417. The van der Waals surface area contributed by atoms with Crippen molar-refractivity contribution >= 4 is 45.9 Å². The number of guanidine groups is 1. The molecule has 3 nitrogen and oxygen atoms in total. The largest absolute Gasteiger partial charge is 0.352 e. The summed E-state index contributed by atoms with van der Waals surface area (Å²) in [6, 6.07) is 6.30. The van der Waals surface area contributed by atoms with Crippen molar-refractivity contribution in [1.29, 1.82) is 0 Å². The van der Waals surface area contributed by atoms with Crippen LogP contribution >= 0.6 is 39.9 Å². The van der Waals surface area contributed by atoms with Crippen LogP contribution in [0, 0.1) is 6.92 Å². The molecule has 0 saturated carbocycles. The Morgan fingerprint density at radius 3 is 2.42 bits per heavy atom. The fraction of sp³-hybridized carbons (Fsp3) is 0.500. The van der Waals surface area contributed by atoms with Crippen LogP contribution in [-0.2, 0) is 6.54 Å². The minimum atomic E-state index is 0. The van der Waals surface area contributed by atoms with Gasteiger partial charge in [0.15, 0.2) is 5.96 Å². The average molecular weight is 440 g/mol. The summed E-state index contributed by atoms with van der Waals surface area (Å²) in [5, 5.41) is 6.66. The third-order valence-corrected chi connectivity index (χ3v) is 2.96. The van der Waals surface area contributed by atoms with Gasteiger partial charge in [-0.1, -0.05) is 22.0 Å². The van der Waals surface area contributed by atoms with E-state index >= 15 is 0 Å². The molecule has 0 aliphatic carbocycles. The van der Waals surface area contributed by atoms with Gasteiger partial charge < -0.3 is 10.6 Å². The van der Waals surface area contributed by atoms with Gasteiger partial charge in [0.05, 0.1) is 0 Å². The molecule has 0 unspecified atom stereocenters. The van der Waals surface area contributed by atoms with Gasteiger partial charge in [-0.05, 0) is 51.0 Å². The van der Waals surface area contributed by atoms with Gasteiger partial charge in [0.1, 0.15) is 0 Å². The van der Waals surface area contributed by atoms with E-state index in [1.165, 1.54) is 11.1 Å².